The van der Waals surface area contributed by atoms with Crippen molar-refractivity contribution in [1.29, 1.82) is 0 Å². The Morgan fingerprint density at radius 1 is 1.42 bits per heavy atom. The Hall–Kier alpha value is -1.66. The zero-order valence-electron chi connectivity index (χ0n) is 14.4. The van der Waals surface area contributed by atoms with Gasteiger partial charge in [0.1, 0.15) is 6.61 Å². The summed E-state index contributed by atoms with van der Waals surface area (Å²) in [6.45, 7) is 2.49. The van der Waals surface area contributed by atoms with Gasteiger partial charge in [0.15, 0.2) is 0 Å². The molecule has 1 amide bonds. The number of hydrogen-bond acceptors (Lipinski definition) is 4. The third kappa shape index (κ3) is 8.26. The number of aliphatic hydroxyl groups excluding tert-OH is 1. The lowest BCUT2D eigenvalue weighted by molar-refractivity contribution is -0.141. The van der Waals surface area contributed by atoms with Crippen molar-refractivity contribution in [3.05, 3.63) is 24.3 Å². The van der Waals surface area contributed by atoms with Crippen LogP contribution in [0.5, 0.6) is 0 Å². The average molecular weight is 339 g/mol. The van der Waals surface area contributed by atoms with E-state index < -0.39 is 12.1 Å². The number of likely N-dealkylation sites (tertiary alicyclic amines) is 1. The van der Waals surface area contributed by atoms with Gasteiger partial charge in [-0.25, -0.2) is 4.79 Å². The van der Waals surface area contributed by atoms with Crippen LogP contribution in [0.4, 0.5) is 0 Å². The molecule has 6 heteroatoms. The van der Waals surface area contributed by atoms with Crippen LogP contribution >= 0.6 is 0 Å². The van der Waals surface area contributed by atoms with E-state index in [9.17, 15) is 14.7 Å². The predicted octanol–water partition coefficient (Wildman–Crippen LogP) is 2.13. The maximum Gasteiger partial charge on any atom is 0.329 e. The Morgan fingerprint density at radius 2 is 2.21 bits per heavy atom. The molecule has 1 aliphatic heterocycles. The van der Waals surface area contributed by atoms with Crippen LogP contribution in [0, 0.1) is 0 Å². The van der Waals surface area contributed by atoms with Crippen molar-refractivity contribution in [2.24, 2.45) is 0 Å². The van der Waals surface area contributed by atoms with Gasteiger partial charge in [0.2, 0.25) is 5.91 Å². The fraction of sp³-hybridized carbons (Fsp3) is 0.667. The summed E-state index contributed by atoms with van der Waals surface area (Å²) >= 11 is 0. The van der Waals surface area contributed by atoms with Crippen LogP contribution in [0.15, 0.2) is 24.3 Å². The number of carbonyl (C=O) groups excluding carboxylic acids is 1. The maximum atomic E-state index is 11.9. The molecule has 0 aromatic rings. The van der Waals surface area contributed by atoms with E-state index in [0.29, 0.717) is 13.0 Å². The molecule has 1 fully saturated rings. The number of hydrogen-bond donors (Lipinski definition) is 2. The minimum Gasteiger partial charge on any atom is -0.480 e. The molecule has 0 saturated carbocycles. The highest BCUT2D eigenvalue weighted by atomic mass is 16.5. The normalized spacial score (nSPS) is 19.7. The van der Waals surface area contributed by atoms with Crippen LogP contribution in [0.3, 0.4) is 0 Å². The minimum absolute atomic E-state index is 0.0166. The number of aliphatic hydroxyl groups is 1. The Morgan fingerprint density at radius 3 is 2.92 bits per heavy atom. The summed E-state index contributed by atoms with van der Waals surface area (Å²) < 4.78 is 4.90. The zero-order valence-corrected chi connectivity index (χ0v) is 14.4. The molecule has 136 valence electrons. The quantitative estimate of drug-likeness (QED) is 0.420. The summed E-state index contributed by atoms with van der Waals surface area (Å²) in [6, 6.07) is 0.0166. The number of rotatable bonds is 12. The van der Waals surface area contributed by atoms with Gasteiger partial charge in [0.05, 0.1) is 18.8 Å². The van der Waals surface area contributed by atoms with E-state index in [1.165, 1.54) is 0 Å². The first-order chi connectivity index (χ1) is 11.5. The third-order valence-corrected chi connectivity index (χ3v) is 3.94. The van der Waals surface area contributed by atoms with E-state index in [0.717, 1.165) is 32.1 Å². The molecule has 1 saturated heterocycles. The van der Waals surface area contributed by atoms with Gasteiger partial charge in [-0.15, -0.1) is 0 Å². The molecule has 1 heterocycles. The number of carbonyl (C=O) groups is 2. The lowest BCUT2D eigenvalue weighted by atomic mass is 10.1. The highest BCUT2D eigenvalue weighted by Crippen LogP contribution is 2.20. The van der Waals surface area contributed by atoms with Crippen LogP contribution in [0.1, 0.15) is 45.4 Å². The third-order valence-electron chi connectivity index (χ3n) is 3.94. The summed E-state index contributed by atoms with van der Waals surface area (Å²) in [5, 5.41) is 18.4. The van der Waals surface area contributed by atoms with E-state index in [1.54, 1.807) is 17.1 Å². The standard InChI is InChI=1S/C18H29NO5/c1-2-3-4-7-16(20)10-8-15-9-11-17(21)19(15)12-5-6-13-24-14-18(22)23/h5-6,8,10,15-16,20H,2-4,7,9,11-14H2,1H3,(H,22,23). The molecule has 0 bridgehead atoms. The van der Waals surface area contributed by atoms with Gasteiger partial charge in [-0.05, 0) is 12.8 Å². The van der Waals surface area contributed by atoms with Gasteiger partial charge in [-0.3, -0.25) is 4.79 Å². The van der Waals surface area contributed by atoms with E-state index >= 15 is 0 Å². The second-order valence-corrected chi connectivity index (χ2v) is 5.98. The first-order valence-corrected chi connectivity index (χ1v) is 8.65. The highest BCUT2D eigenvalue weighted by molar-refractivity contribution is 5.79. The molecule has 24 heavy (non-hydrogen) atoms. The van der Waals surface area contributed by atoms with Gasteiger partial charge in [-0.2, -0.15) is 0 Å². The van der Waals surface area contributed by atoms with Gasteiger partial charge >= 0.3 is 5.97 Å². The van der Waals surface area contributed by atoms with Crippen LogP contribution in [-0.2, 0) is 14.3 Å². The van der Waals surface area contributed by atoms with Crippen molar-refractivity contribution < 1.29 is 24.5 Å². The van der Waals surface area contributed by atoms with Gasteiger partial charge < -0.3 is 19.8 Å². The molecule has 2 N–H and O–H groups in total. The van der Waals surface area contributed by atoms with Crippen molar-refractivity contribution in [1.82, 2.24) is 4.90 Å². The first-order valence-electron chi connectivity index (χ1n) is 8.65. The summed E-state index contributed by atoms with van der Waals surface area (Å²) in [4.78, 5) is 24.0. The van der Waals surface area contributed by atoms with E-state index in [-0.39, 0.29) is 25.2 Å². The molecule has 0 radical (unpaired) electrons. The monoisotopic (exact) mass is 339 g/mol. The maximum absolute atomic E-state index is 11.9. The number of ether oxygens (including phenoxy) is 1. The Labute approximate surface area is 143 Å². The first kappa shape index (κ1) is 20.4. The number of aliphatic carboxylic acids is 1. The lowest BCUT2D eigenvalue weighted by Crippen LogP contribution is -2.32. The van der Waals surface area contributed by atoms with E-state index in [4.69, 9.17) is 9.84 Å². The van der Waals surface area contributed by atoms with Gasteiger partial charge in [0, 0.05) is 13.0 Å². The summed E-state index contributed by atoms with van der Waals surface area (Å²) in [5.41, 5.74) is 0. The number of carboxylic acids is 1. The van der Waals surface area contributed by atoms with Crippen molar-refractivity contribution in [2.75, 3.05) is 19.8 Å². The van der Waals surface area contributed by atoms with Crippen molar-refractivity contribution in [2.45, 2.75) is 57.6 Å². The second kappa shape index (κ2) is 11.8. The smallest absolute Gasteiger partial charge is 0.329 e. The molecule has 0 aliphatic carbocycles. The zero-order chi connectivity index (χ0) is 17.8. The fourth-order valence-corrected chi connectivity index (χ4v) is 2.62. The Bertz CT molecular complexity index is 447. The highest BCUT2D eigenvalue weighted by Gasteiger charge is 2.27. The minimum atomic E-state index is -0.999. The summed E-state index contributed by atoms with van der Waals surface area (Å²) in [7, 11) is 0. The molecule has 6 nitrogen and oxygen atoms in total. The van der Waals surface area contributed by atoms with Crippen molar-refractivity contribution >= 4 is 11.9 Å². The Kier molecular flexibility index (Phi) is 10.0. The van der Waals surface area contributed by atoms with E-state index in [1.807, 2.05) is 12.2 Å². The SMILES string of the molecule is CCCCCC(O)C=CC1CCC(=O)N1CC=CCOCC(=O)O. The van der Waals surface area contributed by atoms with Gasteiger partial charge in [0.25, 0.3) is 0 Å². The van der Waals surface area contributed by atoms with Crippen LogP contribution in [-0.4, -0.2) is 58.9 Å². The van der Waals surface area contributed by atoms with Crippen molar-refractivity contribution in [3.63, 3.8) is 0 Å². The number of amides is 1. The molecule has 1 rings (SSSR count). The molecular formula is C18H29NO5. The summed E-state index contributed by atoms with van der Waals surface area (Å²) in [6.07, 6.45) is 12.1. The molecule has 2 unspecified atom stereocenters. The van der Waals surface area contributed by atoms with E-state index in [2.05, 4.69) is 6.92 Å². The topological polar surface area (TPSA) is 87.1 Å². The van der Waals surface area contributed by atoms with Crippen LogP contribution in [0.2, 0.25) is 0 Å². The predicted molar refractivity (Wildman–Crippen MR) is 91.6 cm³/mol. The fourth-order valence-electron chi connectivity index (χ4n) is 2.62. The molecule has 2 atom stereocenters. The number of unbranched alkanes of at least 4 members (excludes halogenated alkanes) is 2. The molecule has 0 spiro atoms. The molecule has 1 aliphatic rings. The Balaban J connectivity index is 2.37. The largest absolute Gasteiger partial charge is 0.480 e. The average Bonchev–Trinajstić information content (AvgIpc) is 2.89. The summed E-state index contributed by atoms with van der Waals surface area (Å²) in [5.74, 6) is -0.901. The molecule has 0 aromatic heterocycles. The second-order valence-electron chi connectivity index (χ2n) is 5.98. The number of carboxylic acid groups (broad SMARTS) is 1. The molecule has 0 aromatic carbocycles. The number of nitrogens with zero attached hydrogens (tertiary/aromatic N) is 1. The molecular weight excluding hydrogens is 310 g/mol. The lowest BCUT2D eigenvalue weighted by Gasteiger charge is -2.21. The van der Waals surface area contributed by atoms with Crippen LogP contribution < -0.4 is 0 Å². The van der Waals surface area contributed by atoms with Crippen LogP contribution in [0.25, 0.3) is 0 Å². The van der Waals surface area contributed by atoms with Crippen molar-refractivity contribution in [3.8, 4) is 0 Å². The van der Waals surface area contributed by atoms with Gasteiger partial charge in [-0.1, -0.05) is 50.5 Å².